The summed E-state index contributed by atoms with van der Waals surface area (Å²) in [7, 11) is -3.59. The number of anilines is 1. The molecule has 0 heterocycles. The third-order valence-electron chi connectivity index (χ3n) is 3.38. The number of carbonyl (C=O) groups excluding carboxylic acids is 1. The first-order valence-corrected chi connectivity index (χ1v) is 9.15. The van der Waals surface area contributed by atoms with E-state index in [0.717, 1.165) is 21.7 Å². The molecule has 2 aromatic rings. The van der Waals surface area contributed by atoms with Gasteiger partial charge in [0.1, 0.15) is 5.82 Å². The van der Waals surface area contributed by atoms with E-state index in [1.165, 1.54) is 18.2 Å². The van der Waals surface area contributed by atoms with Gasteiger partial charge in [-0.15, -0.1) is 0 Å². The van der Waals surface area contributed by atoms with Gasteiger partial charge in [0.15, 0.2) is 0 Å². The van der Waals surface area contributed by atoms with E-state index >= 15 is 0 Å². The second-order valence-corrected chi connectivity index (χ2v) is 7.53. The predicted octanol–water partition coefficient (Wildman–Crippen LogP) is 2.53. The molecule has 0 unspecified atom stereocenters. The van der Waals surface area contributed by atoms with Crippen LogP contribution in [0.5, 0.6) is 0 Å². The quantitative estimate of drug-likeness (QED) is 0.871. The van der Waals surface area contributed by atoms with Gasteiger partial charge in [0.2, 0.25) is 15.9 Å². The van der Waals surface area contributed by atoms with Crippen LogP contribution in [0.2, 0.25) is 0 Å². The molecule has 0 bridgehead atoms. The van der Waals surface area contributed by atoms with Crippen LogP contribution in [0.1, 0.15) is 11.1 Å². The molecule has 0 aliphatic heterocycles. The number of amides is 1. The lowest BCUT2D eigenvalue weighted by Gasteiger charge is -2.20. The van der Waals surface area contributed by atoms with Crippen molar-refractivity contribution >= 4 is 21.6 Å². The zero-order valence-corrected chi connectivity index (χ0v) is 14.3. The average molecular weight is 350 g/mol. The molecular weight excluding hydrogens is 331 g/mol. The highest BCUT2D eigenvalue weighted by molar-refractivity contribution is 7.88. The Kier molecular flexibility index (Phi) is 5.69. The van der Waals surface area contributed by atoms with Gasteiger partial charge in [-0.1, -0.05) is 42.0 Å². The number of aryl methyl sites for hydroxylation is 1. The Balaban J connectivity index is 2.12. The Morgan fingerprint density at radius 3 is 2.50 bits per heavy atom. The number of benzene rings is 2. The monoisotopic (exact) mass is 350 g/mol. The van der Waals surface area contributed by atoms with E-state index in [1.54, 1.807) is 12.1 Å². The van der Waals surface area contributed by atoms with Crippen molar-refractivity contribution in [2.24, 2.45) is 0 Å². The summed E-state index contributed by atoms with van der Waals surface area (Å²) in [5.41, 5.74) is 1.79. The summed E-state index contributed by atoms with van der Waals surface area (Å²) in [5, 5.41) is 2.39. The summed E-state index contributed by atoms with van der Waals surface area (Å²) in [6.45, 7) is 1.59. The minimum Gasteiger partial charge on any atom is -0.322 e. The number of halogens is 1. The van der Waals surface area contributed by atoms with Gasteiger partial charge in [-0.25, -0.2) is 12.8 Å². The average Bonchev–Trinajstić information content (AvgIpc) is 2.48. The van der Waals surface area contributed by atoms with Crippen molar-refractivity contribution < 1.29 is 17.6 Å². The van der Waals surface area contributed by atoms with Gasteiger partial charge in [-0.05, 0) is 24.6 Å². The molecule has 1 amide bonds. The van der Waals surface area contributed by atoms with Crippen molar-refractivity contribution in [3.05, 3.63) is 65.5 Å². The first-order chi connectivity index (χ1) is 11.3. The molecule has 5 nitrogen and oxygen atoms in total. The minimum atomic E-state index is -3.59. The van der Waals surface area contributed by atoms with Gasteiger partial charge >= 0.3 is 0 Å². The number of para-hydroxylation sites is 1. The van der Waals surface area contributed by atoms with Crippen molar-refractivity contribution in [1.29, 1.82) is 0 Å². The second-order valence-electron chi connectivity index (χ2n) is 5.55. The lowest BCUT2D eigenvalue weighted by Crippen LogP contribution is -2.37. The van der Waals surface area contributed by atoms with E-state index in [-0.39, 0.29) is 18.8 Å². The van der Waals surface area contributed by atoms with E-state index < -0.39 is 21.7 Å². The lowest BCUT2D eigenvalue weighted by molar-refractivity contribution is -0.116. The number of nitrogens with zero attached hydrogens (tertiary/aromatic N) is 1. The number of hydrogen-bond donors (Lipinski definition) is 1. The first-order valence-electron chi connectivity index (χ1n) is 7.31. The molecule has 0 atom stereocenters. The molecule has 2 rings (SSSR count). The highest BCUT2D eigenvalue weighted by atomic mass is 32.2. The molecule has 128 valence electrons. The largest absolute Gasteiger partial charge is 0.322 e. The zero-order chi connectivity index (χ0) is 17.7. The van der Waals surface area contributed by atoms with Gasteiger partial charge in [0, 0.05) is 6.54 Å². The molecule has 0 fully saturated rings. The number of hydrogen-bond acceptors (Lipinski definition) is 3. The summed E-state index contributed by atoms with van der Waals surface area (Å²) in [6, 6.07) is 13.1. The fourth-order valence-corrected chi connectivity index (χ4v) is 2.95. The molecular formula is C17H19FN2O3S. The van der Waals surface area contributed by atoms with Crippen molar-refractivity contribution in [3.63, 3.8) is 0 Å². The van der Waals surface area contributed by atoms with Crippen molar-refractivity contribution in [2.75, 3.05) is 18.1 Å². The van der Waals surface area contributed by atoms with Crippen LogP contribution in [-0.2, 0) is 21.4 Å². The van der Waals surface area contributed by atoms with Crippen molar-refractivity contribution in [3.8, 4) is 0 Å². The molecule has 1 N–H and O–H groups in total. The van der Waals surface area contributed by atoms with Gasteiger partial charge in [0.25, 0.3) is 0 Å². The zero-order valence-electron chi connectivity index (χ0n) is 13.5. The summed E-state index contributed by atoms with van der Waals surface area (Å²) >= 11 is 0. The molecule has 0 radical (unpaired) electrons. The van der Waals surface area contributed by atoms with Crippen LogP contribution < -0.4 is 5.32 Å². The third-order valence-corrected chi connectivity index (χ3v) is 4.57. The fourth-order valence-electron chi connectivity index (χ4n) is 2.22. The van der Waals surface area contributed by atoms with E-state index in [2.05, 4.69) is 5.32 Å². The van der Waals surface area contributed by atoms with Crippen LogP contribution in [0, 0.1) is 12.7 Å². The Bertz CT molecular complexity index is 837. The molecule has 0 saturated carbocycles. The SMILES string of the molecule is Cc1cccc(CN(CC(=O)Nc2ccccc2F)S(C)(=O)=O)c1. The maximum absolute atomic E-state index is 13.6. The van der Waals surface area contributed by atoms with Crippen LogP contribution in [0.15, 0.2) is 48.5 Å². The van der Waals surface area contributed by atoms with E-state index in [9.17, 15) is 17.6 Å². The second kappa shape index (κ2) is 7.55. The van der Waals surface area contributed by atoms with Gasteiger partial charge < -0.3 is 5.32 Å². The number of nitrogens with one attached hydrogen (secondary N) is 1. The van der Waals surface area contributed by atoms with Gasteiger partial charge in [-0.2, -0.15) is 4.31 Å². The van der Waals surface area contributed by atoms with Crippen LogP contribution in [0.25, 0.3) is 0 Å². The molecule has 0 aliphatic rings. The highest BCUT2D eigenvalue weighted by Gasteiger charge is 2.21. The Hall–Kier alpha value is -2.25. The topological polar surface area (TPSA) is 66.5 Å². The van der Waals surface area contributed by atoms with E-state index in [4.69, 9.17) is 0 Å². The molecule has 7 heteroatoms. The molecule has 0 aliphatic carbocycles. The minimum absolute atomic E-state index is 0.0199. The van der Waals surface area contributed by atoms with Crippen LogP contribution >= 0.6 is 0 Å². The van der Waals surface area contributed by atoms with Crippen LogP contribution in [0.3, 0.4) is 0 Å². The standard InChI is InChI=1S/C17H19FN2O3S/c1-13-6-5-7-14(10-13)11-20(24(2,22)23)12-17(21)19-16-9-4-3-8-15(16)18/h3-10H,11-12H2,1-2H3,(H,19,21). The molecule has 0 spiro atoms. The first kappa shape index (κ1) is 18.1. The summed E-state index contributed by atoms with van der Waals surface area (Å²) in [4.78, 5) is 12.1. The Morgan fingerprint density at radius 2 is 1.88 bits per heavy atom. The van der Waals surface area contributed by atoms with Crippen molar-refractivity contribution in [2.45, 2.75) is 13.5 Å². The lowest BCUT2D eigenvalue weighted by atomic mass is 10.1. The molecule has 0 aromatic heterocycles. The maximum atomic E-state index is 13.6. The fraction of sp³-hybridized carbons (Fsp3) is 0.235. The molecule has 2 aromatic carbocycles. The molecule has 24 heavy (non-hydrogen) atoms. The smallest absolute Gasteiger partial charge is 0.239 e. The highest BCUT2D eigenvalue weighted by Crippen LogP contribution is 2.14. The third kappa shape index (κ3) is 5.14. The van der Waals surface area contributed by atoms with Gasteiger partial charge in [-0.3, -0.25) is 4.79 Å². The Morgan fingerprint density at radius 1 is 1.17 bits per heavy atom. The van der Waals surface area contributed by atoms with E-state index in [0.29, 0.717) is 0 Å². The van der Waals surface area contributed by atoms with Crippen molar-refractivity contribution in [1.82, 2.24) is 4.31 Å². The number of sulfonamides is 1. The van der Waals surface area contributed by atoms with E-state index in [1.807, 2.05) is 25.1 Å². The number of carbonyl (C=O) groups is 1. The normalized spacial score (nSPS) is 11.5. The summed E-state index contributed by atoms with van der Waals surface area (Å²) in [5.74, 6) is -1.17. The summed E-state index contributed by atoms with van der Waals surface area (Å²) < 4.78 is 38.5. The maximum Gasteiger partial charge on any atom is 0.239 e. The van der Waals surface area contributed by atoms with Crippen LogP contribution in [-0.4, -0.2) is 31.4 Å². The van der Waals surface area contributed by atoms with Gasteiger partial charge in [0.05, 0.1) is 18.5 Å². The number of rotatable bonds is 6. The Labute approximate surface area is 141 Å². The van der Waals surface area contributed by atoms with Crippen LogP contribution in [0.4, 0.5) is 10.1 Å². The predicted molar refractivity (Wildman–Crippen MR) is 91.5 cm³/mol. The molecule has 0 saturated heterocycles. The summed E-state index contributed by atoms with van der Waals surface area (Å²) in [6.07, 6.45) is 1.04.